The third-order valence-electron chi connectivity index (χ3n) is 5.57. The SMILES string of the molecule is CCOc1ccc(S(=O)(=O)N2CCC[C@H](C(=O)Nc3cc(C(=O)OC)cc(C(=O)OC)c3)C2)cc1. The molecule has 11 heteroatoms. The van der Waals surface area contributed by atoms with Crippen LogP contribution in [0.5, 0.6) is 5.75 Å². The fraction of sp³-hybridized carbons (Fsp3) is 0.375. The molecular weight excluding hydrogens is 476 g/mol. The van der Waals surface area contributed by atoms with Gasteiger partial charge in [-0.3, -0.25) is 4.79 Å². The molecule has 1 aliphatic heterocycles. The van der Waals surface area contributed by atoms with Gasteiger partial charge >= 0.3 is 11.9 Å². The first-order valence-corrected chi connectivity index (χ1v) is 12.5. The molecular formula is C24H28N2O8S. The van der Waals surface area contributed by atoms with Crippen molar-refractivity contribution in [3.05, 3.63) is 53.6 Å². The molecule has 0 saturated carbocycles. The van der Waals surface area contributed by atoms with E-state index >= 15 is 0 Å². The van der Waals surface area contributed by atoms with Crippen molar-refractivity contribution in [2.24, 2.45) is 5.92 Å². The third-order valence-corrected chi connectivity index (χ3v) is 7.45. The van der Waals surface area contributed by atoms with Crippen LogP contribution in [0.25, 0.3) is 0 Å². The van der Waals surface area contributed by atoms with Crippen LogP contribution >= 0.6 is 0 Å². The summed E-state index contributed by atoms with van der Waals surface area (Å²) in [6.45, 7) is 2.61. The number of methoxy groups -OCH3 is 2. The fourth-order valence-corrected chi connectivity index (χ4v) is 5.34. The summed E-state index contributed by atoms with van der Waals surface area (Å²) in [5, 5.41) is 2.69. The van der Waals surface area contributed by atoms with Crippen LogP contribution in [-0.4, -0.2) is 64.5 Å². The van der Waals surface area contributed by atoms with Gasteiger partial charge in [0.1, 0.15) is 5.75 Å². The lowest BCUT2D eigenvalue weighted by atomic mass is 9.98. The molecule has 1 fully saturated rings. The molecule has 2 aromatic carbocycles. The maximum atomic E-state index is 13.1. The number of esters is 2. The monoisotopic (exact) mass is 504 g/mol. The lowest BCUT2D eigenvalue weighted by molar-refractivity contribution is -0.120. The molecule has 1 amide bonds. The maximum absolute atomic E-state index is 13.1. The fourth-order valence-electron chi connectivity index (χ4n) is 3.81. The Kier molecular flexibility index (Phi) is 8.47. The lowest BCUT2D eigenvalue weighted by Crippen LogP contribution is -2.43. The number of ether oxygens (including phenoxy) is 3. The van der Waals surface area contributed by atoms with Gasteiger partial charge in [0.05, 0.1) is 42.8 Å². The molecule has 1 N–H and O–H groups in total. The Bertz CT molecular complexity index is 1160. The molecule has 0 aliphatic carbocycles. The molecule has 10 nitrogen and oxygen atoms in total. The van der Waals surface area contributed by atoms with Crippen LogP contribution in [-0.2, 0) is 24.3 Å². The van der Waals surface area contributed by atoms with E-state index in [1.54, 1.807) is 12.1 Å². The minimum Gasteiger partial charge on any atom is -0.494 e. The Morgan fingerprint density at radius 2 is 1.60 bits per heavy atom. The summed E-state index contributed by atoms with van der Waals surface area (Å²) in [7, 11) is -1.40. The zero-order chi connectivity index (χ0) is 25.6. The normalized spacial score (nSPS) is 16.3. The number of carbonyl (C=O) groups excluding carboxylic acids is 3. The zero-order valence-corrected chi connectivity index (χ0v) is 20.6. The van der Waals surface area contributed by atoms with Gasteiger partial charge in [0, 0.05) is 18.8 Å². The van der Waals surface area contributed by atoms with E-state index in [1.165, 1.54) is 48.9 Å². The van der Waals surface area contributed by atoms with Crippen molar-refractivity contribution in [3.63, 3.8) is 0 Å². The topological polar surface area (TPSA) is 128 Å². The van der Waals surface area contributed by atoms with E-state index in [0.29, 0.717) is 31.7 Å². The lowest BCUT2D eigenvalue weighted by Gasteiger charge is -2.31. The smallest absolute Gasteiger partial charge is 0.337 e. The van der Waals surface area contributed by atoms with Crippen molar-refractivity contribution >= 4 is 33.6 Å². The van der Waals surface area contributed by atoms with Gasteiger partial charge in [0.15, 0.2) is 0 Å². The second kappa shape index (κ2) is 11.3. The van der Waals surface area contributed by atoms with Gasteiger partial charge < -0.3 is 19.5 Å². The van der Waals surface area contributed by atoms with E-state index in [4.69, 9.17) is 14.2 Å². The number of benzene rings is 2. The standard InChI is InChI=1S/C24H28N2O8S/c1-4-34-20-7-9-21(10-8-20)35(30,31)26-11-5-6-16(15-26)22(27)25-19-13-17(23(28)32-2)12-18(14-19)24(29)33-3/h7-10,12-14,16H,4-6,11,15H2,1-3H3,(H,25,27)/t16-/m0/s1. The molecule has 0 aromatic heterocycles. The Balaban J connectivity index is 1.77. The van der Waals surface area contributed by atoms with Gasteiger partial charge in [-0.1, -0.05) is 0 Å². The van der Waals surface area contributed by atoms with E-state index in [-0.39, 0.29) is 28.3 Å². The summed E-state index contributed by atoms with van der Waals surface area (Å²) >= 11 is 0. The quantitative estimate of drug-likeness (QED) is 0.544. The summed E-state index contributed by atoms with van der Waals surface area (Å²) in [6.07, 6.45) is 0.992. The maximum Gasteiger partial charge on any atom is 0.337 e. The van der Waals surface area contributed by atoms with Crippen LogP contribution in [0.15, 0.2) is 47.4 Å². The Hall–Kier alpha value is -3.44. The number of amides is 1. The number of nitrogens with one attached hydrogen (secondary N) is 1. The first-order chi connectivity index (χ1) is 16.7. The predicted molar refractivity (Wildman–Crippen MR) is 127 cm³/mol. The number of sulfonamides is 1. The summed E-state index contributed by atoms with van der Waals surface area (Å²) < 4.78 is 42.4. The van der Waals surface area contributed by atoms with Gasteiger partial charge in [-0.15, -0.1) is 0 Å². The molecule has 3 rings (SSSR count). The minimum atomic E-state index is -3.80. The van der Waals surface area contributed by atoms with E-state index in [9.17, 15) is 22.8 Å². The molecule has 0 radical (unpaired) electrons. The zero-order valence-electron chi connectivity index (χ0n) is 19.8. The average molecular weight is 505 g/mol. The number of piperidine rings is 1. The van der Waals surface area contributed by atoms with Crippen LogP contribution < -0.4 is 10.1 Å². The molecule has 0 unspecified atom stereocenters. The second-order valence-electron chi connectivity index (χ2n) is 7.88. The first-order valence-electron chi connectivity index (χ1n) is 11.0. The highest BCUT2D eigenvalue weighted by molar-refractivity contribution is 7.89. The van der Waals surface area contributed by atoms with Crippen LogP contribution in [0.1, 0.15) is 40.5 Å². The highest BCUT2D eigenvalue weighted by Crippen LogP contribution is 2.26. The number of anilines is 1. The summed E-state index contributed by atoms with van der Waals surface area (Å²) in [5.41, 5.74) is 0.327. The Labute approximate surface area is 204 Å². The van der Waals surface area contributed by atoms with Gasteiger partial charge in [-0.2, -0.15) is 4.31 Å². The average Bonchev–Trinajstić information content (AvgIpc) is 2.88. The van der Waals surface area contributed by atoms with Crippen molar-refractivity contribution in [2.45, 2.75) is 24.7 Å². The van der Waals surface area contributed by atoms with E-state index < -0.39 is 33.8 Å². The van der Waals surface area contributed by atoms with Crippen molar-refractivity contribution < 1.29 is 37.0 Å². The molecule has 35 heavy (non-hydrogen) atoms. The molecule has 188 valence electrons. The van der Waals surface area contributed by atoms with Crippen molar-refractivity contribution in [1.29, 1.82) is 0 Å². The summed E-state index contributed by atoms with van der Waals surface area (Å²) in [4.78, 5) is 37.1. The number of rotatable bonds is 8. The summed E-state index contributed by atoms with van der Waals surface area (Å²) in [6, 6.07) is 10.2. The van der Waals surface area contributed by atoms with E-state index in [1.807, 2.05) is 6.92 Å². The molecule has 1 saturated heterocycles. The van der Waals surface area contributed by atoms with Crippen molar-refractivity contribution in [1.82, 2.24) is 4.31 Å². The Morgan fingerprint density at radius 3 is 2.14 bits per heavy atom. The van der Waals surface area contributed by atoms with Gasteiger partial charge in [0.25, 0.3) is 0 Å². The predicted octanol–water partition coefficient (Wildman–Crippen LogP) is 2.70. The number of hydrogen-bond acceptors (Lipinski definition) is 8. The number of hydrogen-bond donors (Lipinski definition) is 1. The molecule has 1 atom stereocenters. The van der Waals surface area contributed by atoms with Gasteiger partial charge in [-0.25, -0.2) is 18.0 Å². The van der Waals surface area contributed by atoms with Crippen molar-refractivity contribution in [2.75, 3.05) is 39.2 Å². The van der Waals surface area contributed by atoms with Gasteiger partial charge in [-0.05, 0) is 62.2 Å². The highest BCUT2D eigenvalue weighted by atomic mass is 32.2. The minimum absolute atomic E-state index is 0.00191. The first kappa shape index (κ1) is 26.2. The molecule has 1 aliphatic rings. The van der Waals surface area contributed by atoms with E-state index in [0.717, 1.165) is 0 Å². The van der Waals surface area contributed by atoms with Gasteiger partial charge in [0.2, 0.25) is 15.9 Å². The summed E-state index contributed by atoms with van der Waals surface area (Å²) in [5.74, 6) is -1.84. The van der Waals surface area contributed by atoms with Crippen LogP contribution in [0, 0.1) is 5.92 Å². The van der Waals surface area contributed by atoms with Crippen LogP contribution in [0.3, 0.4) is 0 Å². The molecule has 0 bridgehead atoms. The van der Waals surface area contributed by atoms with Crippen LogP contribution in [0.4, 0.5) is 5.69 Å². The number of nitrogens with zero attached hydrogens (tertiary/aromatic N) is 1. The Morgan fingerprint density at radius 1 is 1.00 bits per heavy atom. The van der Waals surface area contributed by atoms with Crippen LogP contribution in [0.2, 0.25) is 0 Å². The second-order valence-corrected chi connectivity index (χ2v) is 9.82. The molecule has 2 aromatic rings. The molecule has 1 heterocycles. The number of carbonyl (C=O) groups is 3. The largest absolute Gasteiger partial charge is 0.494 e. The van der Waals surface area contributed by atoms with Crippen molar-refractivity contribution in [3.8, 4) is 5.75 Å². The van der Waals surface area contributed by atoms with E-state index in [2.05, 4.69) is 5.32 Å². The third kappa shape index (κ3) is 6.17. The molecule has 0 spiro atoms. The highest BCUT2D eigenvalue weighted by Gasteiger charge is 2.33.